The zero-order chi connectivity index (χ0) is 6.50. The summed E-state index contributed by atoms with van der Waals surface area (Å²) in [6, 6.07) is 0. The Labute approximate surface area is 47.2 Å². The lowest BCUT2D eigenvalue weighted by atomic mass is 14.0. The zero-order valence-corrected chi connectivity index (χ0v) is 4.50. The highest BCUT2D eigenvalue weighted by molar-refractivity contribution is 7.79. The van der Waals surface area contributed by atoms with Gasteiger partial charge in [0.15, 0.2) is 0 Å². The first-order chi connectivity index (χ1) is 3.00. The highest BCUT2D eigenvalue weighted by atomic mass is 32.3. The van der Waals surface area contributed by atoms with Crippen molar-refractivity contribution in [1.82, 2.24) is 6.15 Å². The van der Waals surface area contributed by atoms with E-state index in [-0.39, 0.29) is 7.58 Å². The Hall–Kier alpha value is -0.250. The van der Waals surface area contributed by atoms with E-state index in [1.54, 1.807) is 0 Å². The molecule has 0 aromatic rings. The van der Waals surface area contributed by atoms with Gasteiger partial charge in [-0.2, -0.15) is 0 Å². The van der Waals surface area contributed by atoms with Crippen LogP contribution < -0.4 is 6.15 Å². The summed E-state index contributed by atoms with van der Waals surface area (Å²) in [4.78, 5) is 0. The van der Waals surface area contributed by atoms with Crippen molar-refractivity contribution in [2.75, 3.05) is 0 Å². The van der Waals surface area contributed by atoms with Gasteiger partial charge in [0.2, 0.25) is 10.4 Å². The van der Waals surface area contributed by atoms with Gasteiger partial charge in [0.05, 0.1) is 0 Å². The van der Waals surface area contributed by atoms with Gasteiger partial charge in [-0.15, -0.1) is 0 Å². The molecule has 0 rings (SSSR count). The predicted molar refractivity (Wildman–Crippen MR) is 23.7 cm³/mol. The van der Waals surface area contributed by atoms with Crippen molar-refractivity contribution in [3.63, 3.8) is 0 Å². The fraction of sp³-hybridized carbons (Fsp3) is 0. The molecule has 0 radical (unpaired) electrons. The van der Waals surface area contributed by atoms with Gasteiger partial charge < -0.3 is 10.7 Å². The van der Waals surface area contributed by atoms with Crippen molar-refractivity contribution < 1.29 is 29.5 Å². The third-order valence-corrected chi connectivity index (χ3v) is 0. The Morgan fingerprint density at radius 2 is 1.38 bits per heavy atom. The first kappa shape index (κ1) is 15.7. The maximum Gasteiger partial charge on any atom is 1.00 e. The minimum Gasteiger partial charge on any atom is -0.726 e. The van der Waals surface area contributed by atoms with E-state index in [1.807, 2.05) is 0 Å². The van der Waals surface area contributed by atoms with E-state index < -0.39 is 10.4 Å². The Balaban J connectivity index is -0.0000000286. The molecule has 0 aromatic heterocycles. The molecule has 0 heterocycles. The maximum absolute atomic E-state index is 8.63. The van der Waals surface area contributed by atoms with Gasteiger partial charge in [-0.3, -0.25) is 15.1 Å². The lowest BCUT2D eigenvalue weighted by Crippen LogP contribution is -1.90. The summed E-state index contributed by atoms with van der Waals surface area (Å²) in [7, 11) is -4.92. The van der Waals surface area contributed by atoms with Crippen LogP contribution >= 0.6 is 0 Å². The SMILES string of the molecule is N.O=S(=O)([O-])O.OO.[H+]. The summed E-state index contributed by atoms with van der Waals surface area (Å²) in [6.07, 6.45) is 0. The molecule has 0 unspecified atom stereocenters. The Bertz CT molecular complexity index is 96.2. The van der Waals surface area contributed by atoms with Gasteiger partial charge >= 0.3 is 1.43 Å². The average Bonchev–Trinajstić information content (AvgIpc) is 1.36. The molecule has 0 amide bonds. The fourth-order valence-corrected chi connectivity index (χ4v) is 0. The van der Waals surface area contributed by atoms with Crippen molar-refractivity contribution in [2.24, 2.45) is 0 Å². The molecule has 0 saturated heterocycles. The van der Waals surface area contributed by atoms with Crippen molar-refractivity contribution in [3.8, 4) is 0 Å². The van der Waals surface area contributed by atoms with E-state index >= 15 is 0 Å². The van der Waals surface area contributed by atoms with E-state index in [9.17, 15) is 0 Å². The van der Waals surface area contributed by atoms with Crippen molar-refractivity contribution >= 4 is 10.4 Å². The van der Waals surface area contributed by atoms with Crippen LogP contribution in [0.4, 0.5) is 0 Å². The minimum atomic E-state index is -4.92. The number of hydrogen-bond acceptors (Lipinski definition) is 6. The summed E-state index contributed by atoms with van der Waals surface area (Å²) in [5.74, 6) is 0. The predicted octanol–water partition coefficient (Wildman–Crippen LogP) is -0.703. The second-order valence-electron chi connectivity index (χ2n) is 0.428. The molecule has 0 aliphatic rings. The minimum absolute atomic E-state index is 0. The lowest BCUT2D eigenvalue weighted by Gasteiger charge is -1.88. The largest absolute Gasteiger partial charge is 1.00 e. The molecule has 8 heavy (non-hydrogen) atoms. The molecule has 8 heteroatoms. The molecule has 0 aliphatic heterocycles. The highest BCUT2D eigenvalue weighted by Crippen LogP contribution is 1.58. The summed E-state index contributed by atoms with van der Waals surface area (Å²) < 4.78 is 32.8. The van der Waals surface area contributed by atoms with E-state index in [0.29, 0.717) is 0 Å². The molecular formula is H7NO6S. The van der Waals surface area contributed by atoms with Crippen LogP contribution in [-0.2, 0) is 10.4 Å². The Morgan fingerprint density at radius 3 is 1.38 bits per heavy atom. The third kappa shape index (κ3) is 2080. The summed E-state index contributed by atoms with van der Waals surface area (Å²) in [5, 5.41) is 12.0. The van der Waals surface area contributed by atoms with Gasteiger partial charge in [0, 0.05) is 0 Å². The van der Waals surface area contributed by atoms with E-state index in [4.69, 9.17) is 28.0 Å². The maximum atomic E-state index is 8.63. The van der Waals surface area contributed by atoms with Crippen LogP contribution in [-0.4, -0.2) is 28.0 Å². The molecule has 0 spiro atoms. The molecule has 54 valence electrons. The standard InChI is InChI=1S/H3N.H2O4S.H2O2/c;1-5(2,3)4;1-2/h1H3;(H2,1,2,3,4);1-2H. The summed E-state index contributed by atoms with van der Waals surface area (Å²) in [6.45, 7) is 0. The third-order valence-electron chi connectivity index (χ3n) is 0. The van der Waals surface area contributed by atoms with Crippen LogP contribution in [0.15, 0.2) is 0 Å². The molecule has 0 fully saturated rings. The van der Waals surface area contributed by atoms with Crippen molar-refractivity contribution in [1.29, 1.82) is 0 Å². The smallest absolute Gasteiger partial charge is 0.726 e. The Kier molecular flexibility index (Phi) is 13.2. The summed E-state index contributed by atoms with van der Waals surface area (Å²) in [5.41, 5.74) is 0. The normalized spacial score (nSPS) is 8.00. The van der Waals surface area contributed by atoms with E-state index in [0.717, 1.165) is 0 Å². The highest BCUT2D eigenvalue weighted by Gasteiger charge is 1.67. The molecule has 7 nitrogen and oxygen atoms in total. The molecule has 0 bridgehead atoms. The fourth-order valence-electron chi connectivity index (χ4n) is 0. The average molecular weight is 149 g/mol. The van der Waals surface area contributed by atoms with Crippen molar-refractivity contribution in [3.05, 3.63) is 0 Å². The van der Waals surface area contributed by atoms with E-state index in [1.165, 1.54) is 0 Å². The molecule has 0 aromatic carbocycles. The molecule has 0 atom stereocenters. The van der Waals surface area contributed by atoms with Crippen molar-refractivity contribution in [2.45, 2.75) is 0 Å². The van der Waals surface area contributed by atoms with Gasteiger partial charge in [-0.25, -0.2) is 8.42 Å². The first-order valence-electron chi connectivity index (χ1n) is 0.883. The number of hydrogen-bond donors (Lipinski definition) is 4. The number of rotatable bonds is 0. The molecule has 0 aliphatic carbocycles. The Morgan fingerprint density at radius 1 is 1.38 bits per heavy atom. The topological polar surface area (TPSA) is 153 Å². The van der Waals surface area contributed by atoms with Gasteiger partial charge in [0.1, 0.15) is 0 Å². The molecule has 6 N–H and O–H groups in total. The second-order valence-corrected chi connectivity index (χ2v) is 1.28. The quantitative estimate of drug-likeness (QED) is 0.153. The monoisotopic (exact) mass is 149 g/mol. The van der Waals surface area contributed by atoms with Gasteiger partial charge in [-0.1, -0.05) is 0 Å². The van der Waals surface area contributed by atoms with Crippen LogP contribution in [0.2, 0.25) is 0 Å². The van der Waals surface area contributed by atoms with Crippen LogP contribution in [0.25, 0.3) is 0 Å². The molecule has 0 saturated carbocycles. The molecular weight excluding hydrogens is 142 g/mol. The second kappa shape index (κ2) is 6.75. The van der Waals surface area contributed by atoms with Crippen LogP contribution in [0.3, 0.4) is 0 Å². The zero-order valence-electron chi connectivity index (χ0n) is 4.68. The lowest BCUT2D eigenvalue weighted by molar-refractivity contribution is -0.176. The van der Waals surface area contributed by atoms with Crippen LogP contribution in [0, 0.1) is 0 Å². The van der Waals surface area contributed by atoms with Gasteiger partial charge in [-0.05, 0) is 0 Å². The van der Waals surface area contributed by atoms with Gasteiger partial charge in [0.25, 0.3) is 0 Å². The van der Waals surface area contributed by atoms with Crippen LogP contribution in [0.1, 0.15) is 1.43 Å². The van der Waals surface area contributed by atoms with E-state index in [2.05, 4.69) is 0 Å². The first-order valence-corrected chi connectivity index (χ1v) is 2.25. The summed E-state index contributed by atoms with van der Waals surface area (Å²) >= 11 is 0. The van der Waals surface area contributed by atoms with Crippen LogP contribution in [0.5, 0.6) is 0 Å².